The Morgan fingerprint density at radius 1 is 1.12 bits per heavy atom. The second kappa shape index (κ2) is 6.48. The van der Waals surface area contributed by atoms with Crippen LogP contribution in [0, 0.1) is 29.6 Å². The molecule has 1 heterocycles. The minimum atomic E-state index is 0.816. The molecule has 25 heavy (non-hydrogen) atoms. The van der Waals surface area contributed by atoms with Crippen molar-refractivity contribution in [1.29, 1.82) is 0 Å². The third-order valence-corrected chi connectivity index (χ3v) is 7.61. The van der Waals surface area contributed by atoms with Gasteiger partial charge in [-0.2, -0.15) is 0 Å². The predicted molar refractivity (Wildman–Crippen MR) is 101 cm³/mol. The molecule has 3 nitrogen and oxygen atoms in total. The molecule has 0 saturated heterocycles. The summed E-state index contributed by atoms with van der Waals surface area (Å²) in [6, 6.07) is 10.5. The molecular formula is C21H26N2OS. The fourth-order valence-corrected chi connectivity index (χ4v) is 6.26. The molecule has 0 amide bonds. The Labute approximate surface area is 153 Å². The van der Waals surface area contributed by atoms with Gasteiger partial charge in [-0.25, -0.2) is 0 Å². The summed E-state index contributed by atoms with van der Waals surface area (Å²) in [5.41, 5.74) is 2.11. The zero-order valence-electron chi connectivity index (χ0n) is 14.8. The van der Waals surface area contributed by atoms with Crippen molar-refractivity contribution < 1.29 is 4.52 Å². The monoisotopic (exact) mass is 354 g/mol. The summed E-state index contributed by atoms with van der Waals surface area (Å²) in [5.74, 6) is 5.91. The largest absolute Gasteiger partial charge is 0.356 e. The third-order valence-electron chi connectivity index (χ3n) is 6.86. The van der Waals surface area contributed by atoms with Gasteiger partial charge in [0.1, 0.15) is 0 Å². The lowest BCUT2D eigenvalue weighted by Gasteiger charge is -2.32. The number of rotatable bonds is 6. The average Bonchev–Trinajstić information content (AvgIpc) is 3.28. The first-order chi connectivity index (χ1) is 12.3. The SMILES string of the molecule is CSc1ccc(-c2cc(CNCC3C4CC5CC(C4)C3C5)no2)cc1. The van der Waals surface area contributed by atoms with E-state index in [-0.39, 0.29) is 0 Å². The van der Waals surface area contributed by atoms with Crippen LogP contribution in [0.15, 0.2) is 39.8 Å². The highest BCUT2D eigenvalue weighted by Gasteiger charge is 2.53. The first-order valence-electron chi connectivity index (χ1n) is 9.61. The second-order valence-electron chi connectivity index (χ2n) is 8.20. The van der Waals surface area contributed by atoms with Gasteiger partial charge in [0, 0.05) is 23.1 Å². The zero-order valence-corrected chi connectivity index (χ0v) is 15.6. The molecule has 1 aromatic carbocycles. The van der Waals surface area contributed by atoms with Crippen molar-refractivity contribution >= 4 is 11.8 Å². The Bertz CT molecular complexity index is 737. The Morgan fingerprint density at radius 2 is 1.96 bits per heavy atom. The van der Waals surface area contributed by atoms with Gasteiger partial charge in [0.25, 0.3) is 0 Å². The molecule has 5 unspecified atom stereocenters. The minimum absolute atomic E-state index is 0.816. The van der Waals surface area contributed by atoms with Gasteiger partial charge in [-0.05, 0) is 80.2 Å². The highest BCUT2D eigenvalue weighted by atomic mass is 32.2. The number of hydrogen-bond donors (Lipinski definition) is 1. The van der Waals surface area contributed by atoms with E-state index >= 15 is 0 Å². The van der Waals surface area contributed by atoms with Gasteiger partial charge in [-0.1, -0.05) is 17.3 Å². The van der Waals surface area contributed by atoms with Crippen LogP contribution >= 0.6 is 11.8 Å². The summed E-state index contributed by atoms with van der Waals surface area (Å²) < 4.78 is 5.55. The summed E-state index contributed by atoms with van der Waals surface area (Å²) in [7, 11) is 0. The molecule has 0 spiro atoms. The van der Waals surface area contributed by atoms with Crippen LogP contribution in [-0.2, 0) is 6.54 Å². The number of hydrogen-bond acceptors (Lipinski definition) is 4. The smallest absolute Gasteiger partial charge is 0.167 e. The number of benzene rings is 1. The fraction of sp³-hybridized carbons (Fsp3) is 0.571. The first-order valence-corrected chi connectivity index (χ1v) is 10.8. The topological polar surface area (TPSA) is 38.1 Å². The molecule has 132 valence electrons. The van der Waals surface area contributed by atoms with Crippen LogP contribution < -0.4 is 5.32 Å². The Hall–Kier alpha value is -1.26. The molecule has 4 bridgehead atoms. The summed E-state index contributed by atoms with van der Waals surface area (Å²) in [5, 5.41) is 7.92. The molecule has 4 aliphatic carbocycles. The van der Waals surface area contributed by atoms with Crippen molar-refractivity contribution in [3.05, 3.63) is 36.0 Å². The molecule has 4 heteroatoms. The van der Waals surface area contributed by atoms with E-state index in [1.165, 1.54) is 30.6 Å². The quantitative estimate of drug-likeness (QED) is 0.754. The Balaban J connectivity index is 1.18. The van der Waals surface area contributed by atoms with Crippen LogP contribution in [0.5, 0.6) is 0 Å². The average molecular weight is 355 g/mol. The molecule has 0 radical (unpaired) electrons. The van der Waals surface area contributed by atoms with Crippen molar-refractivity contribution in [2.24, 2.45) is 29.6 Å². The summed E-state index contributed by atoms with van der Waals surface area (Å²) in [6.45, 7) is 1.97. The first kappa shape index (κ1) is 16.0. The fourth-order valence-electron chi connectivity index (χ4n) is 5.85. The van der Waals surface area contributed by atoms with E-state index in [1.54, 1.807) is 11.8 Å². The van der Waals surface area contributed by atoms with E-state index in [2.05, 4.69) is 47.1 Å². The van der Waals surface area contributed by atoms with Gasteiger partial charge in [0.05, 0.1) is 5.69 Å². The van der Waals surface area contributed by atoms with Crippen LogP contribution in [-0.4, -0.2) is 18.0 Å². The molecule has 1 N–H and O–H groups in total. The van der Waals surface area contributed by atoms with Gasteiger partial charge in [-0.15, -0.1) is 11.8 Å². The molecule has 1 aromatic heterocycles. The molecule has 2 aromatic rings. The van der Waals surface area contributed by atoms with E-state index in [0.29, 0.717) is 0 Å². The van der Waals surface area contributed by atoms with E-state index in [4.69, 9.17) is 4.52 Å². The van der Waals surface area contributed by atoms with E-state index in [1.807, 2.05) is 0 Å². The third kappa shape index (κ3) is 2.93. The number of aromatic nitrogens is 1. The van der Waals surface area contributed by atoms with E-state index < -0.39 is 0 Å². The van der Waals surface area contributed by atoms with Crippen molar-refractivity contribution in [3.63, 3.8) is 0 Å². The van der Waals surface area contributed by atoms with E-state index in [0.717, 1.165) is 59.7 Å². The maximum Gasteiger partial charge on any atom is 0.167 e. The van der Waals surface area contributed by atoms with Crippen molar-refractivity contribution in [1.82, 2.24) is 10.5 Å². The molecule has 5 atom stereocenters. The van der Waals surface area contributed by atoms with Crippen LogP contribution in [0.4, 0.5) is 0 Å². The normalized spacial score (nSPS) is 32.6. The van der Waals surface area contributed by atoms with E-state index in [9.17, 15) is 0 Å². The van der Waals surface area contributed by atoms with Gasteiger partial charge in [0.2, 0.25) is 0 Å². The maximum absolute atomic E-state index is 5.55. The van der Waals surface area contributed by atoms with Gasteiger partial charge >= 0.3 is 0 Å². The minimum Gasteiger partial charge on any atom is -0.356 e. The molecule has 0 aliphatic heterocycles. The lowest BCUT2D eigenvalue weighted by molar-refractivity contribution is 0.191. The lowest BCUT2D eigenvalue weighted by atomic mass is 9.75. The van der Waals surface area contributed by atoms with Gasteiger partial charge in [-0.3, -0.25) is 0 Å². The number of nitrogens with zero attached hydrogens (tertiary/aromatic N) is 1. The lowest BCUT2D eigenvalue weighted by Crippen LogP contribution is -2.32. The Morgan fingerprint density at radius 3 is 2.76 bits per heavy atom. The van der Waals surface area contributed by atoms with Crippen LogP contribution in [0.1, 0.15) is 31.4 Å². The second-order valence-corrected chi connectivity index (χ2v) is 9.08. The summed E-state index contributed by atoms with van der Waals surface area (Å²) in [6.07, 6.45) is 8.13. The standard InChI is InChI=1S/C21H26N2OS/c1-25-18-4-2-14(3-5-18)21-10-17(23-24-21)11-22-12-20-16-7-13-6-15(9-16)19(20)8-13/h2-5,10,13,15-16,19-20,22H,6-9,11-12H2,1H3. The van der Waals surface area contributed by atoms with Gasteiger partial charge < -0.3 is 9.84 Å². The highest BCUT2D eigenvalue weighted by molar-refractivity contribution is 7.98. The summed E-state index contributed by atoms with van der Waals surface area (Å²) >= 11 is 1.75. The summed E-state index contributed by atoms with van der Waals surface area (Å²) in [4.78, 5) is 1.27. The van der Waals surface area contributed by atoms with Crippen molar-refractivity contribution in [2.45, 2.75) is 37.1 Å². The molecule has 6 rings (SSSR count). The van der Waals surface area contributed by atoms with Crippen LogP contribution in [0.25, 0.3) is 11.3 Å². The van der Waals surface area contributed by atoms with Crippen molar-refractivity contribution in [3.8, 4) is 11.3 Å². The maximum atomic E-state index is 5.55. The molecular weight excluding hydrogens is 328 g/mol. The molecule has 4 fully saturated rings. The van der Waals surface area contributed by atoms with Crippen LogP contribution in [0.3, 0.4) is 0 Å². The number of thioether (sulfide) groups is 1. The van der Waals surface area contributed by atoms with Crippen LogP contribution in [0.2, 0.25) is 0 Å². The van der Waals surface area contributed by atoms with Gasteiger partial charge in [0.15, 0.2) is 5.76 Å². The Kier molecular flexibility index (Phi) is 4.13. The predicted octanol–water partition coefficient (Wildman–Crippen LogP) is 4.84. The number of nitrogens with one attached hydrogen (secondary N) is 1. The molecule has 4 saturated carbocycles. The molecule has 4 aliphatic rings. The van der Waals surface area contributed by atoms with Crippen molar-refractivity contribution in [2.75, 3.05) is 12.8 Å². The highest BCUT2D eigenvalue weighted by Crippen LogP contribution is 2.60. The zero-order chi connectivity index (χ0) is 16.8.